The number of nitrogens with zero attached hydrogens (tertiary/aromatic N) is 2. The van der Waals surface area contributed by atoms with Crippen molar-refractivity contribution in [2.75, 3.05) is 59.6 Å². The maximum Gasteiger partial charge on any atom is 0.253 e. The molecule has 0 saturated carbocycles. The third kappa shape index (κ3) is 5.51. The molecule has 156 valence electrons. The number of amides is 1. The fourth-order valence-electron chi connectivity index (χ4n) is 3.53. The van der Waals surface area contributed by atoms with E-state index < -0.39 is 10.0 Å². The van der Waals surface area contributed by atoms with E-state index in [9.17, 15) is 13.2 Å². The topological polar surface area (TPSA) is 88.2 Å². The number of ether oxygens (including phenoxy) is 2. The number of nitrogens with one attached hydrogen (secondary N) is 1. The Labute approximate surface area is 166 Å². The summed E-state index contributed by atoms with van der Waals surface area (Å²) >= 11 is 0. The quantitative estimate of drug-likeness (QED) is 0.629. The summed E-state index contributed by atoms with van der Waals surface area (Å²) < 4.78 is 37.4. The first kappa shape index (κ1) is 21.2. The molecule has 1 atom stereocenters. The van der Waals surface area contributed by atoms with Crippen LogP contribution in [-0.4, -0.2) is 89.8 Å². The van der Waals surface area contributed by atoms with Crippen LogP contribution in [0.2, 0.25) is 0 Å². The second kappa shape index (κ2) is 9.80. The van der Waals surface area contributed by atoms with E-state index in [1.165, 1.54) is 19.2 Å². The van der Waals surface area contributed by atoms with Crippen molar-refractivity contribution in [3.05, 3.63) is 29.8 Å². The minimum atomic E-state index is -3.59. The van der Waals surface area contributed by atoms with Crippen molar-refractivity contribution < 1.29 is 22.7 Å². The van der Waals surface area contributed by atoms with Gasteiger partial charge in [-0.3, -0.25) is 9.69 Å². The lowest BCUT2D eigenvalue weighted by atomic mass is 10.1. The van der Waals surface area contributed by atoms with Crippen LogP contribution in [0.5, 0.6) is 0 Å². The highest BCUT2D eigenvalue weighted by molar-refractivity contribution is 7.89. The molecule has 0 bridgehead atoms. The van der Waals surface area contributed by atoms with Gasteiger partial charge in [0, 0.05) is 58.5 Å². The highest BCUT2D eigenvalue weighted by Crippen LogP contribution is 2.16. The molecule has 0 aromatic heterocycles. The summed E-state index contributed by atoms with van der Waals surface area (Å²) in [7, 11) is -2.08. The van der Waals surface area contributed by atoms with Crippen LogP contribution in [0.1, 0.15) is 23.2 Å². The minimum Gasteiger partial charge on any atom is -0.383 e. The Morgan fingerprint density at radius 3 is 2.54 bits per heavy atom. The van der Waals surface area contributed by atoms with Crippen molar-refractivity contribution in [1.82, 2.24) is 14.5 Å². The zero-order valence-electron chi connectivity index (χ0n) is 16.3. The number of rotatable bonds is 8. The van der Waals surface area contributed by atoms with Gasteiger partial charge < -0.3 is 14.4 Å². The highest BCUT2D eigenvalue weighted by Gasteiger charge is 2.25. The Balaban J connectivity index is 1.52. The predicted molar refractivity (Wildman–Crippen MR) is 105 cm³/mol. The largest absolute Gasteiger partial charge is 0.383 e. The SMILES string of the molecule is COCCNS(=O)(=O)c1ccc(C(=O)N2CCN(CC3CCCO3)CC2)cc1. The van der Waals surface area contributed by atoms with Gasteiger partial charge in [-0.25, -0.2) is 13.1 Å². The third-order valence-electron chi connectivity index (χ3n) is 5.16. The second-order valence-electron chi connectivity index (χ2n) is 7.14. The molecule has 1 aromatic rings. The van der Waals surface area contributed by atoms with E-state index >= 15 is 0 Å². The summed E-state index contributed by atoms with van der Waals surface area (Å²) in [5.41, 5.74) is 0.503. The highest BCUT2D eigenvalue weighted by atomic mass is 32.2. The molecule has 1 amide bonds. The zero-order valence-corrected chi connectivity index (χ0v) is 17.1. The van der Waals surface area contributed by atoms with E-state index in [0.29, 0.717) is 31.4 Å². The normalized spacial score (nSPS) is 21.2. The number of carbonyl (C=O) groups excluding carboxylic acids is 1. The van der Waals surface area contributed by atoms with Gasteiger partial charge in [0.1, 0.15) is 0 Å². The fraction of sp³-hybridized carbons (Fsp3) is 0.632. The molecule has 2 fully saturated rings. The molecule has 0 spiro atoms. The van der Waals surface area contributed by atoms with E-state index in [1.807, 2.05) is 4.90 Å². The van der Waals surface area contributed by atoms with Crippen molar-refractivity contribution in [2.24, 2.45) is 0 Å². The van der Waals surface area contributed by atoms with E-state index in [0.717, 1.165) is 39.1 Å². The molecule has 9 heteroatoms. The van der Waals surface area contributed by atoms with E-state index in [-0.39, 0.29) is 17.3 Å². The van der Waals surface area contributed by atoms with Crippen LogP contribution < -0.4 is 4.72 Å². The Morgan fingerprint density at radius 2 is 1.93 bits per heavy atom. The molecule has 1 aromatic carbocycles. The van der Waals surface area contributed by atoms with Crippen molar-refractivity contribution >= 4 is 15.9 Å². The van der Waals surface area contributed by atoms with Gasteiger partial charge in [0.15, 0.2) is 0 Å². The van der Waals surface area contributed by atoms with Crippen LogP contribution in [0.25, 0.3) is 0 Å². The molecule has 8 nitrogen and oxygen atoms in total. The van der Waals surface area contributed by atoms with E-state index in [1.54, 1.807) is 12.1 Å². The Hall–Kier alpha value is -1.52. The standard InChI is InChI=1S/C19H29N3O5S/c1-26-14-8-20-28(24,25)18-6-4-16(5-7-18)19(23)22-11-9-21(10-12-22)15-17-3-2-13-27-17/h4-7,17,20H,2-3,8-15H2,1H3. The van der Waals surface area contributed by atoms with Crippen LogP contribution in [0, 0.1) is 0 Å². The first-order valence-electron chi connectivity index (χ1n) is 9.71. The number of methoxy groups -OCH3 is 1. The molecule has 2 aliphatic heterocycles. The van der Waals surface area contributed by atoms with Gasteiger partial charge in [-0.2, -0.15) is 0 Å². The van der Waals surface area contributed by atoms with Gasteiger partial charge in [-0.05, 0) is 37.1 Å². The Kier molecular flexibility index (Phi) is 7.42. The summed E-state index contributed by atoms with van der Waals surface area (Å²) in [6.45, 7) is 5.31. The Morgan fingerprint density at radius 1 is 1.21 bits per heavy atom. The monoisotopic (exact) mass is 411 g/mol. The van der Waals surface area contributed by atoms with Gasteiger partial charge in [-0.1, -0.05) is 0 Å². The molecule has 1 unspecified atom stereocenters. The van der Waals surface area contributed by atoms with Gasteiger partial charge in [0.2, 0.25) is 10.0 Å². The molecular weight excluding hydrogens is 382 g/mol. The van der Waals surface area contributed by atoms with Crippen molar-refractivity contribution in [1.29, 1.82) is 0 Å². The zero-order chi connectivity index (χ0) is 20.0. The molecule has 0 radical (unpaired) electrons. The van der Waals surface area contributed by atoms with Crippen LogP contribution in [0.4, 0.5) is 0 Å². The average molecular weight is 412 g/mol. The van der Waals surface area contributed by atoms with Gasteiger partial charge in [0.05, 0.1) is 17.6 Å². The van der Waals surface area contributed by atoms with Crippen LogP contribution in [-0.2, 0) is 19.5 Å². The van der Waals surface area contributed by atoms with Crippen molar-refractivity contribution in [3.8, 4) is 0 Å². The summed E-state index contributed by atoms with van der Waals surface area (Å²) in [4.78, 5) is 17.0. The summed E-state index contributed by atoms with van der Waals surface area (Å²) in [6.07, 6.45) is 2.58. The predicted octanol–water partition coefficient (Wildman–Crippen LogP) is 0.548. The third-order valence-corrected chi connectivity index (χ3v) is 6.63. The number of hydrogen-bond acceptors (Lipinski definition) is 6. The summed E-state index contributed by atoms with van der Waals surface area (Å²) in [5.74, 6) is -0.0620. The van der Waals surface area contributed by atoms with Crippen LogP contribution in [0.15, 0.2) is 29.2 Å². The molecule has 28 heavy (non-hydrogen) atoms. The smallest absolute Gasteiger partial charge is 0.253 e. The minimum absolute atomic E-state index is 0.0620. The lowest BCUT2D eigenvalue weighted by molar-refractivity contribution is 0.0432. The number of sulfonamides is 1. The lowest BCUT2D eigenvalue weighted by Crippen LogP contribution is -2.50. The van der Waals surface area contributed by atoms with E-state index in [4.69, 9.17) is 9.47 Å². The number of hydrogen-bond donors (Lipinski definition) is 1. The lowest BCUT2D eigenvalue weighted by Gasteiger charge is -2.35. The van der Waals surface area contributed by atoms with Crippen LogP contribution in [0.3, 0.4) is 0 Å². The fourth-order valence-corrected chi connectivity index (χ4v) is 4.54. The average Bonchev–Trinajstić information content (AvgIpc) is 3.21. The number of benzene rings is 1. The molecule has 1 N–H and O–H groups in total. The van der Waals surface area contributed by atoms with E-state index in [2.05, 4.69) is 9.62 Å². The summed E-state index contributed by atoms with van der Waals surface area (Å²) in [6, 6.07) is 6.09. The first-order valence-corrected chi connectivity index (χ1v) is 11.2. The second-order valence-corrected chi connectivity index (χ2v) is 8.91. The molecule has 2 saturated heterocycles. The van der Waals surface area contributed by atoms with Gasteiger partial charge >= 0.3 is 0 Å². The van der Waals surface area contributed by atoms with Gasteiger partial charge in [0.25, 0.3) is 5.91 Å². The number of piperazine rings is 1. The Bertz CT molecular complexity index is 739. The molecule has 2 aliphatic rings. The molecule has 0 aliphatic carbocycles. The summed E-state index contributed by atoms with van der Waals surface area (Å²) in [5, 5.41) is 0. The maximum absolute atomic E-state index is 12.7. The van der Waals surface area contributed by atoms with Crippen LogP contribution >= 0.6 is 0 Å². The van der Waals surface area contributed by atoms with Gasteiger partial charge in [-0.15, -0.1) is 0 Å². The number of carbonyl (C=O) groups is 1. The molecule has 3 rings (SSSR count). The molecular formula is C19H29N3O5S. The maximum atomic E-state index is 12.7. The van der Waals surface area contributed by atoms with Crippen molar-refractivity contribution in [3.63, 3.8) is 0 Å². The molecule has 2 heterocycles. The van der Waals surface area contributed by atoms with Crippen molar-refractivity contribution in [2.45, 2.75) is 23.8 Å². The first-order chi connectivity index (χ1) is 13.5.